The van der Waals surface area contributed by atoms with E-state index in [1.165, 1.54) is 0 Å². The largest absolute Gasteiger partial charge is 0.496 e. The molecular formula is C17H19N3O. The fraction of sp³-hybridized carbons (Fsp3) is 0.235. The Morgan fingerprint density at radius 3 is 2.76 bits per heavy atom. The third kappa shape index (κ3) is 2.50. The molecule has 0 radical (unpaired) electrons. The van der Waals surface area contributed by atoms with Gasteiger partial charge in [-0.1, -0.05) is 18.2 Å². The van der Waals surface area contributed by atoms with E-state index >= 15 is 0 Å². The van der Waals surface area contributed by atoms with Crippen LogP contribution in [0.1, 0.15) is 17.0 Å². The quantitative estimate of drug-likeness (QED) is 0.800. The molecule has 4 heteroatoms. The van der Waals surface area contributed by atoms with Gasteiger partial charge < -0.3 is 15.0 Å². The number of aryl methyl sites for hydroxylation is 1. The predicted molar refractivity (Wildman–Crippen MR) is 84.5 cm³/mol. The van der Waals surface area contributed by atoms with Crippen molar-refractivity contribution in [3.8, 4) is 5.75 Å². The van der Waals surface area contributed by atoms with Gasteiger partial charge in [-0.3, -0.25) is 0 Å². The van der Waals surface area contributed by atoms with E-state index in [2.05, 4.69) is 21.7 Å². The predicted octanol–water partition coefficient (Wildman–Crippen LogP) is 2.86. The molecule has 1 heterocycles. The fourth-order valence-corrected chi connectivity index (χ4v) is 2.65. The highest BCUT2D eigenvalue weighted by Crippen LogP contribution is 2.24. The first-order valence-corrected chi connectivity index (χ1v) is 7.00. The highest BCUT2D eigenvalue weighted by Gasteiger charge is 2.10. The van der Waals surface area contributed by atoms with E-state index in [-0.39, 0.29) is 0 Å². The number of imidazole rings is 1. The van der Waals surface area contributed by atoms with Gasteiger partial charge in [-0.2, -0.15) is 0 Å². The van der Waals surface area contributed by atoms with E-state index in [9.17, 15) is 0 Å². The number of fused-ring (bicyclic) bond motifs is 1. The van der Waals surface area contributed by atoms with Crippen molar-refractivity contribution < 1.29 is 4.74 Å². The Morgan fingerprint density at radius 2 is 2.00 bits per heavy atom. The lowest BCUT2D eigenvalue weighted by Crippen LogP contribution is -2.05. The van der Waals surface area contributed by atoms with Gasteiger partial charge in [0.25, 0.3) is 0 Å². The second-order valence-electron chi connectivity index (χ2n) is 5.08. The molecular weight excluding hydrogens is 262 g/mol. The maximum absolute atomic E-state index is 5.74. The van der Waals surface area contributed by atoms with Crippen LogP contribution in [0, 0.1) is 6.92 Å². The first-order chi connectivity index (χ1) is 10.2. The van der Waals surface area contributed by atoms with Gasteiger partial charge in [-0.05, 0) is 36.8 Å². The van der Waals surface area contributed by atoms with Crippen molar-refractivity contribution >= 4 is 11.0 Å². The molecule has 3 aromatic rings. The molecule has 0 unspecified atom stereocenters. The molecule has 1 aromatic heterocycles. The Hall–Kier alpha value is -2.33. The van der Waals surface area contributed by atoms with Crippen molar-refractivity contribution in [1.82, 2.24) is 9.55 Å². The Kier molecular flexibility index (Phi) is 3.62. The molecule has 2 N–H and O–H groups in total. The lowest BCUT2D eigenvalue weighted by atomic mass is 10.1. The van der Waals surface area contributed by atoms with Crippen LogP contribution >= 0.6 is 0 Å². The van der Waals surface area contributed by atoms with Crippen LogP contribution < -0.4 is 10.5 Å². The van der Waals surface area contributed by atoms with Crippen LogP contribution in [0.15, 0.2) is 42.5 Å². The molecule has 21 heavy (non-hydrogen) atoms. The lowest BCUT2D eigenvalue weighted by Gasteiger charge is -2.12. The van der Waals surface area contributed by atoms with Gasteiger partial charge in [-0.25, -0.2) is 4.98 Å². The third-order valence-corrected chi connectivity index (χ3v) is 3.75. The summed E-state index contributed by atoms with van der Waals surface area (Å²) in [4.78, 5) is 4.60. The van der Waals surface area contributed by atoms with Crippen LogP contribution in [0.3, 0.4) is 0 Å². The zero-order valence-electron chi connectivity index (χ0n) is 12.3. The molecule has 0 saturated carbocycles. The molecule has 3 rings (SSSR count). The molecule has 0 spiro atoms. The Morgan fingerprint density at radius 1 is 1.19 bits per heavy atom. The van der Waals surface area contributed by atoms with E-state index < -0.39 is 0 Å². The highest BCUT2D eigenvalue weighted by molar-refractivity contribution is 5.76. The zero-order valence-corrected chi connectivity index (χ0v) is 12.3. The summed E-state index contributed by atoms with van der Waals surface area (Å²) < 4.78 is 7.67. The molecule has 4 nitrogen and oxygen atoms in total. The number of nitrogens with zero attached hydrogens (tertiary/aromatic N) is 2. The topological polar surface area (TPSA) is 53.1 Å². The standard InChI is InChI=1S/C17H19N3O/c1-12-19-15-5-3-4-6-16(15)20(12)11-14-9-13(10-18)7-8-17(14)21-2/h3-9H,10-11,18H2,1-2H3. The molecule has 0 atom stereocenters. The highest BCUT2D eigenvalue weighted by atomic mass is 16.5. The zero-order chi connectivity index (χ0) is 14.8. The van der Waals surface area contributed by atoms with Gasteiger partial charge >= 0.3 is 0 Å². The smallest absolute Gasteiger partial charge is 0.123 e. The van der Waals surface area contributed by atoms with Gasteiger partial charge in [-0.15, -0.1) is 0 Å². The molecule has 0 saturated heterocycles. The first-order valence-electron chi connectivity index (χ1n) is 7.00. The summed E-state index contributed by atoms with van der Waals surface area (Å²) in [5, 5.41) is 0. The molecule has 0 amide bonds. The van der Waals surface area contributed by atoms with Gasteiger partial charge in [0.2, 0.25) is 0 Å². The SMILES string of the molecule is COc1ccc(CN)cc1Cn1c(C)nc2ccccc21. The van der Waals surface area contributed by atoms with Crippen molar-refractivity contribution in [2.24, 2.45) is 5.73 Å². The van der Waals surface area contributed by atoms with Crippen LogP contribution in [-0.2, 0) is 13.1 Å². The molecule has 2 aromatic carbocycles. The van der Waals surface area contributed by atoms with E-state index in [1.54, 1.807) is 7.11 Å². The molecule has 108 valence electrons. The summed E-state index contributed by atoms with van der Waals surface area (Å²) in [5.41, 5.74) is 10.1. The van der Waals surface area contributed by atoms with Crippen LogP contribution in [0.25, 0.3) is 11.0 Å². The van der Waals surface area contributed by atoms with E-state index in [0.717, 1.165) is 40.3 Å². The number of methoxy groups -OCH3 is 1. The summed E-state index contributed by atoms with van der Waals surface area (Å²) in [6.07, 6.45) is 0. The number of para-hydroxylation sites is 2. The summed E-state index contributed by atoms with van der Waals surface area (Å²) in [6, 6.07) is 14.3. The first kappa shape index (κ1) is 13.6. The van der Waals surface area contributed by atoms with Gasteiger partial charge in [0.1, 0.15) is 11.6 Å². The third-order valence-electron chi connectivity index (χ3n) is 3.75. The van der Waals surface area contributed by atoms with Crippen molar-refractivity contribution in [2.45, 2.75) is 20.0 Å². The van der Waals surface area contributed by atoms with Crippen LogP contribution in [0.4, 0.5) is 0 Å². The Bertz CT molecular complexity index is 777. The monoisotopic (exact) mass is 281 g/mol. The number of hydrogen-bond donors (Lipinski definition) is 1. The van der Waals surface area contributed by atoms with Gasteiger partial charge in [0.05, 0.1) is 24.7 Å². The fourth-order valence-electron chi connectivity index (χ4n) is 2.65. The van der Waals surface area contributed by atoms with Gasteiger partial charge in [0.15, 0.2) is 0 Å². The van der Waals surface area contributed by atoms with Crippen molar-refractivity contribution in [2.75, 3.05) is 7.11 Å². The van der Waals surface area contributed by atoms with E-state index in [0.29, 0.717) is 6.54 Å². The van der Waals surface area contributed by atoms with Crippen molar-refractivity contribution in [3.05, 3.63) is 59.4 Å². The average Bonchev–Trinajstić information content (AvgIpc) is 2.83. The molecule has 0 aliphatic rings. The normalized spacial score (nSPS) is 11.0. The van der Waals surface area contributed by atoms with Crippen LogP contribution in [-0.4, -0.2) is 16.7 Å². The summed E-state index contributed by atoms with van der Waals surface area (Å²) in [6.45, 7) is 3.28. The average molecular weight is 281 g/mol. The number of nitrogens with two attached hydrogens (primary N) is 1. The second-order valence-corrected chi connectivity index (χ2v) is 5.08. The van der Waals surface area contributed by atoms with Gasteiger partial charge in [0, 0.05) is 12.1 Å². The minimum atomic E-state index is 0.528. The summed E-state index contributed by atoms with van der Waals surface area (Å²) in [5.74, 6) is 1.88. The minimum Gasteiger partial charge on any atom is -0.496 e. The van der Waals surface area contributed by atoms with E-state index in [4.69, 9.17) is 10.5 Å². The molecule has 0 aliphatic heterocycles. The number of hydrogen-bond acceptors (Lipinski definition) is 3. The maximum Gasteiger partial charge on any atom is 0.123 e. The number of benzene rings is 2. The number of rotatable bonds is 4. The summed E-state index contributed by atoms with van der Waals surface area (Å²) >= 11 is 0. The maximum atomic E-state index is 5.74. The Balaban J connectivity index is 2.08. The summed E-state index contributed by atoms with van der Waals surface area (Å²) in [7, 11) is 1.69. The van der Waals surface area contributed by atoms with Crippen molar-refractivity contribution in [3.63, 3.8) is 0 Å². The lowest BCUT2D eigenvalue weighted by molar-refractivity contribution is 0.408. The number of ether oxygens (including phenoxy) is 1. The Labute approximate surface area is 124 Å². The molecule has 0 aliphatic carbocycles. The second kappa shape index (κ2) is 5.58. The minimum absolute atomic E-state index is 0.528. The van der Waals surface area contributed by atoms with Crippen LogP contribution in [0.2, 0.25) is 0 Å². The number of aromatic nitrogens is 2. The van der Waals surface area contributed by atoms with Crippen LogP contribution in [0.5, 0.6) is 5.75 Å². The van der Waals surface area contributed by atoms with Crippen molar-refractivity contribution in [1.29, 1.82) is 0 Å². The molecule has 0 fully saturated rings. The van der Waals surface area contributed by atoms with E-state index in [1.807, 2.05) is 37.3 Å². The molecule has 0 bridgehead atoms.